The summed E-state index contributed by atoms with van der Waals surface area (Å²) < 4.78 is 5.75. The standard InChI is InChI=1S/C12H10IN3O2/c1-8-10(13)14-11(16-15-8)12(17)18-7-9-5-3-2-4-6-9/h2-6H,7H2,1H3. The first-order valence-electron chi connectivity index (χ1n) is 5.24. The summed E-state index contributed by atoms with van der Waals surface area (Å²) in [7, 11) is 0. The monoisotopic (exact) mass is 355 g/mol. The molecule has 0 bridgehead atoms. The zero-order valence-electron chi connectivity index (χ0n) is 9.63. The van der Waals surface area contributed by atoms with E-state index in [4.69, 9.17) is 4.74 Å². The highest BCUT2D eigenvalue weighted by Crippen LogP contribution is 2.06. The zero-order chi connectivity index (χ0) is 13.0. The Balaban J connectivity index is 2.02. The molecule has 2 aromatic rings. The van der Waals surface area contributed by atoms with Crippen LogP contribution in [-0.2, 0) is 11.3 Å². The van der Waals surface area contributed by atoms with E-state index >= 15 is 0 Å². The number of rotatable bonds is 3. The molecule has 6 heteroatoms. The Labute approximate surface area is 118 Å². The van der Waals surface area contributed by atoms with Crippen molar-refractivity contribution in [3.63, 3.8) is 0 Å². The number of hydrogen-bond donors (Lipinski definition) is 0. The molecule has 0 saturated carbocycles. The number of ether oxygens (including phenoxy) is 1. The van der Waals surface area contributed by atoms with Gasteiger partial charge in [-0.2, -0.15) is 5.10 Å². The second-order valence-corrected chi connectivity index (χ2v) is 4.60. The lowest BCUT2D eigenvalue weighted by Crippen LogP contribution is -2.12. The van der Waals surface area contributed by atoms with Gasteiger partial charge in [0.2, 0.25) is 0 Å². The fourth-order valence-corrected chi connectivity index (χ4v) is 1.57. The molecule has 1 aromatic carbocycles. The van der Waals surface area contributed by atoms with Gasteiger partial charge in [-0.3, -0.25) is 0 Å². The predicted octanol–water partition coefficient (Wildman–Crippen LogP) is 2.14. The molecule has 2 rings (SSSR count). The van der Waals surface area contributed by atoms with E-state index < -0.39 is 5.97 Å². The van der Waals surface area contributed by atoms with Crippen molar-refractivity contribution in [3.05, 3.63) is 51.1 Å². The van der Waals surface area contributed by atoms with Gasteiger partial charge in [0.1, 0.15) is 10.3 Å². The predicted molar refractivity (Wildman–Crippen MR) is 72.8 cm³/mol. The summed E-state index contributed by atoms with van der Waals surface area (Å²) in [6.07, 6.45) is 0. The Morgan fingerprint density at radius 3 is 2.67 bits per heavy atom. The van der Waals surface area contributed by atoms with Gasteiger partial charge in [-0.1, -0.05) is 30.3 Å². The molecule has 92 valence electrons. The molecule has 0 aliphatic heterocycles. The summed E-state index contributed by atoms with van der Waals surface area (Å²) in [5, 5.41) is 7.54. The largest absolute Gasteiger partial charge is 0.455 e. The van der Waals surface area contributed by atoms with Gasteiger partial charge < -0.3 is 4.74 Å². The summed E-state index contributed by atoms with van der Waals surface area (Å²) in [5.41, 5.74) is 1.61. The Morgan fingerprint density at radius 1 is 1.28 bits per heavy atom. The number of nitrogens with zero attached hydrogens (tertiary/aromatic N) is 3. The van der Waals surface area contributed by atoms with Crippen molar-refractivity contribution in [3.8, 4) is 0 Å². The van der Waals surface area contributed by atoms with Crippen LogP contribution in [0.25, 0.3) is 0 Å². The highest BCUT2D eigenvalue weighted by molar-refractivity contribution is 14.1. The average Bonchev–Trinajstić information content (AvgIpc) is 2.40. The van der Waals surface area contributed by atoms with E-state index in [0.717, 1.165) is 5.56 Å². The number of carbonyl (C=O) groups is 1. The van der Waals surface area contributed by atoms with E-state index in [1.165, 1.54) is 0 Å². The SMILES string of the molecule is Cc1nnc(C(=O)OCc2ccccc2)nc1I. The molecule has 0 saturated heterocycles. The lowest BCUT2D eigenvalue weighted by Gasteiger charge is -2.04. The fourth-order valence-electron chi connectivity index (χ4n) is 1.23. The van der Waals surface area contributed by atoms with Gasteiger partial charge >= 0.3 is 5.97 Å². The molecule has 5 nitrogen and oxygen atoms in total. The van der Waals surface area contributed by atoms with Crippen LogP contribution in [0.5, 0.6) is 0 Å². The van der Waals surface area contributed by atoms with Gasteiger partial charge in [-0.25, -0.2) is 9.78 Å². The first kappa shape index (κ1) is 12.9. The van der Waals surface area contributed by atoms with Gasteiger partial charge in [-0.15, -0.1) is 5.10 Å². The van der Waals surface area contributed by atoms with Crippen LogP contribution in [0.4, 0.5) is 0 Å². The Bertz CT molecular complexity index is 561. The normalized spacial score (nSPS) is 10.1. The second kappa shape index (κ2) is 5.85. The molecule has 1 aromatic heterocycles. The van der Waals surface area contributed by atoms with E-state index in [1.54, 1.807) is 6.92 Å². The third-order valence-corrected chi connectivity index (χ3v) is 3.21. The molecule has 0 fully saturated rings. The second-order valence-electron chi connectivity index (χ2n) is 3.57. The molecule has 0 aliphatic carbocycles. The summed E-state index contributed by atoms with van der Waals surface area (Å²) in [4.78, 5) is 15.7. The Morgan fingerprint density at radius 2 is 2.00 bits per heavy atom. The third-order valence-electron chi connectivity index (χ3n) is 2.19. The maximum Gasteiger partial charge on any atom is 0.378 e. The minimum absolute atomic E-state index is 0.0130. The molecule has 18 heavy (non-hydrogen) atoms. The topological polar surface area (TPSA) is 65.0 Å². The van der Waals surface area contributed by atoms with Crippen LogP contribution in [0.1, 0.15) is 21.9 Å². The number of hydrogen-bond acceptors (Lipinski definition) is 5. The first-order chi connectivity index (χ1) is 8.66. The van der Waals surface area contributed by atoms with Crippen molar-refractivity contribution in [1.29, 1.82) is 0 Å². The van der Waals surface area contributed by atoms with E-state index in [0.29, 0.717) is 9.39 Å². The average molecular weight is 355 g/mol. The summed E-state index contributed by atoms with van der Waals surface area (Å²) in [6, 6.07) is 9.43. The molecule has 0 atom stereocenters. The third kappa shape index (κ3) is 3.22. The number of carbonyl (C=O) groups excluding carboxylic acids is 1. The van der Waals surface area contributed by atoms with Crippen LogP contribution in [0.3, 0.4) is 0 Å². The molecule has 0 spiro atoms. The molecule has 0 unspecified atom stereocenters. The quantitative estimate of drug-likeness (QED) is 0.624. The zero-order valence-corrected chi connectivity index (χ0v) is 11.8. The molecule has 0 aliphatic rings. The van der Waals surface area contributed by atoms with Crippen LogP contribution in [0, 0.1) is 10.6 Å². The minimum atomic E-state index is -0.565. The molecule has 0 radical (unpaired) electrons. The van der Waals surface area contributed by atoms with Crippen molar-refractivity contribution < 1.29 is 9.53 Å². The highest BCUT2D eigenvalue weighted by atomic mass is 127. The van der Waals surface area contributed by atoms with Crippen LogP contribution >= 0.6 is 22.6 Å². The molecule has 0 N–H and O–H groups in total. The lowest BCUT2D eigenvalue weighted by molar-refractivity contribution is 0.0456. The van der Waals surface area contributed by atoms with Crippen LogP contribution in [0.15, 0.2) is 30.3 Å². The number of esters is 1. The summed E-state index contributed by atoms with van der Waals surface area (Å²) in [5.74, 6) is -0.579. The van der Waals surface area contributed by atoms with Crippen molar-refractivity contribution >= 4 is 28.6 Å². The lowest BCUT2D eigenvalue weighted by atomic mass is 10.2. The fraction of sp³-hybridized carbons (Fsp3) is 0.167. The number of halogens is 1. The minimum Gasteiger partial charge on any atom is -0.455 e. The van der Waals surface area contributed by atoms with Gasteiger partial charge in [0.05, 0.1) is 5.69 Å². The van der Waals surface area contributed by atoms with Crippen LogP contribution in [0.2, 0.25) is 0 Å². The van der Waals surface area contributed by atoms with E-state index in [-0.39, 0.29) is 12.4 Å². The number of benzene rings is 1. The molecular formula is C12H10IN3O2. The van der Waals surface area contributed by atoms with Crippen LogP contribution < -0.4 is 0 Å². The maximum absolute atomic E-state index is 11.7. The number of aromatic nitrogens is 3. The van der Waals surface area contributed by atoms with Crippen molar-refractivity contribution in [2.24, 2.45) is 0 Å². The molecule has 1 heterocycles. The Kier molecular flexibility index (Phi) is 4.19. The molecule has 0 amide bonds. The van der Waals surface area contributed by atoms with Gasteiger partial charge in [0.25, 0.3) is 5.82 Å². The number of aryl methyl sites for hydroxylation is 1. The smallest absolute Gasteiger partial charge is 0.378 e. The van der Waals surface area contributed by atoms with E-state index in [1.807, 2.05) is 52.9 Å². The van der Waals surface area contributed by atoms with Crippen molar-refractivity contribution in [2.75, 3.05) is 0 Å². The van der Waals surface area contributed by atoms with Gasteiger partial charge in [0, 0.05) is 0 Å². The summed E-state index contributed by atoms with van der Waals surface area (Å²) in [6.45, 7) is 1.98. The van der Waals surface area contributed by atoms with Gasteiger partial charge in [-0.05, 0) is 35.1 Å². The van der Waals surface area contributed by atoms with Crippen molar-refractivity contribution in [1.82, 2.24) is 15.2 Å². The maximum atomic E-state index is 11.7. The first-order valence-corrected chi connectivity index (χ1v) is 6.32. The van der Waals surface area contributed by atoms with E-state index in [9.17, 15) is 4.79 Å². The highest BCUT2D eigenvalue weighted by Gasteiger charge is 2.13. The van der Waals surface area contributed by atoms with Crippen LogP contribution in [-0.4, -0.2) is 21.2 Å². The molecular weight excluding hydrogens is 345 g/mol. The summed E-state index contributed by atoms with van der Waals surface area (Å²) >= 11 is 2.00. The van der Waals surface area contributed by atoms with E-state index in [2.05, 4.69) is 15.2 Å². The Hall–Kier alpha value is -1.57. The van der Waals surface area contributed by atoms with Crippen molar-refractivity contribution in [2.45, 2.75) is 13.5 Å². The van der Waals surface area contributed by atoms with Gasteiger partial charge in [0.15, 0.2) is 0 Å².